The highest BCUT2D eigenvalue weighted by molar-refractivity contribution is 9.10. The molecule has 0 bridgehead atoms. The number of nitrogens with one attached hydrogen (secondary N) is 1. The minimum Gasteiger partial charge on any atom is -0.312 e. The van der Waals surface area contributed by atoms with Gasteiger partial charge < -0.3 is 5.32 Å². The molecule has 0 amide bonds. The smallest absolute Gasteiger partial charge is 0.270 e. The van der Waals surface area contributed by atoms with Gasteiger partial charge in [0.05, 0.1) is 4.92 Å². The molecule has 1 rings (SSSR count). The molecule has 106 valence electrons. The van der Waals surface area contributed by atoms with Crippen LogP contribution in [-0.2, 0) is 6.54 Å². The molecular weight excluding hydrogens is 308 g/mol. The Morgan fingerprint density at radius 3 is 2.53 bits per heavy atom. The van der Waals surface area contributed by atoms with E-state index in [4.69, 9.17) is 0 Å². The average Bonchev–Trinajstić information content (AvgIpc) is 2.29. The van der Waals surface area contributed by atoms with Gasteiger partial charge in [-0.25, -0.2) is 0 Å². The van der Waals surface area contributed by atoms with Gasteiger partial charge in [-0.05, 0) is 29.5 Å². The van der Waals surface area contributed by atoms with Crippen LogP contribution >= 0.6 is 15.9 Å². The first-order valence-electron chi connectivity index (χ1n) is 6.35. The van der Waals surface area contributed by atoms with Crippen LogP contribution in [0.5, 0.6) is 0 Å². The summed E-state index contributed by atoms with van der Waals surface area (Å²) in [6.45, 7) is 10.5. The molecule has 4 nitrogen and oxygen atoms in total. The van der Waals surface area contributed by atoms with Crippen LogP contribution in [0.3, 0.4) is 0 Å². The average molecular weight is 329 g/mol. The van der Waals surface area contributed by atoms with Crippen LogP contribution in [0.25, 0.3) is 0 Å². The fourth-order valence-corrected chi connectivity index (χ4v) is 2.03. The van der Waals surface area contributed by atoms with Crippen LogP contribution in [0.4, 0.5) is 5.69 Å². The van der Waals surface area contributed by atoms with Crippen LogP contribution in [0.1, 0.15) is 33.3 Å². The van der Waals surface area contributed by atoms with Gasteiger partial charge >= 0.3 is 0 Å². The zero-order valence-corrected chi connectivity index (χ0v) is 13.5. The Morgan fingerprint density at radius 1 is 1.42 bits per heavy atom. The van der Waals surface area contributed by atoms with E-state index < -0.39 is 0 Å². The molecule has 0 radical (unpaired) electrons. The first kappa shape index (κ1) is 16.1. The second-order valence-electron chi connectivity index (χ2n) is 5.93. The lowest BCUT2D eigenvalue weighted by Crippen LogP contribution is -2.29. The van der Waals surface area contributed by atoms with E-state index in [1.165, 1.54) is 6.07 Å². The Bertz CT molecular complexity index is 455. The van der Waals surface area contributed by atoms with E-state index in [-0.39, 0.29) is 16.0 Å². The summed E-state index contributed by atoms with van der Waals surface area (Å²) in [6, 6.07) is 4.87. The second-order valence-corrected chi connectivity index (χ2v) is 6.79. The molecule has 0 saturated carbocycles. The standard InChI is InChI=1S/C14H21BrN2O2/c1-10(14(2,3)4)8-16-9-11-5-6-12(17(18)19)7-13(11)15/h5-7,10,16H,8-9H2,1-4H3. The Morgan fingerprint density at radius 2 is 2.05 bits per heavy atom. The monoisotopic (exact) mass is 328 g/mol. The van der Waals surface area contributed by atoms with E-state index in [9.17, 15) is 10.1 Å². The summed E-state index contributed by atoms with van der Waals surface area (Å²) in [6.07, 6.45) is 0. The van der Waals surface area contributed by atoms with Crippen molar-refractivity contribution in [3.05, 3.63) is 38.3 Å². The number of non-ortho nitro benzene ring substituents is 1. The van der Waals surface area contributed by atoms with Crippen LogP contribution in [0, 0.1) is 21.4 Å². The molecule has 1 unspecified atom stereocenters. The zero-order valence-electron chi connectivity index (χ0n) is 11.9. The number of rotatable bonds is 5. The third-order valence-electron chi connectivity index (χ3n) is 3.49. The zero-order chi connectivity index (χ0) is 14.6. The fraction of sp³-hybridized carbons (Fsp3) is 0.571. The number of nitro benzene ring substituents is 1. The van der Waals surface area contributed by atoms with E-state index in [0.29, 0.717) is 12.5 Å². The van der Waals surface area contributed by atoms with Crippen molar-refractivity contribution in [3.8, 4) is 0 Å². The summed E-state index contributed by atoms with van der Waals surface area (Å²) in [5.41, 5.74) is 1.42. The third kappa shape index (κ3) is 4.91. The van der Waals surface area contributed by atoms with Crippen molar-refractivity contribution in [3.63, 3.8) is 0 Å². The SMILES string of the molecule is CC(CNCc1ccc([N+](=O)[O-])cc1Br)C(C)(C)C. The first-order valence-corrected chi connectivity index (χ1v) is 7.14. The van der Waals surface area contributed by atoms with Gasteiger partial charge in [0.1, 0.15) is 0 Å². The molecule has 1 aromatic rings. The van der Waals surface area contributed by atoms with E-state index in [0.717, 1.165) is 16.6 Å². The van der Waals surface area contributed by atoms with Crippen LogP contribution < -0.4 is 5.32 Å². The number of nitro groups is 1. The molecule has 1 N–H and O–H groups in total. The summed E-state index contributed by atoms with van der Waals surface area (Å²) in [4.78, 5) is 10.3. The number of benzene rings is 1. The Labute approximate surface area is 122 Å². The van der Waals surface area contributed by atoms with E-state index >= 15 is 0 Å². The van der Waals surface area contributed by atoms with Crippen LogP contribution in [0.15, 0.2) is 22.7 Å². The summed E-state index contributed by atoms with van der Waals surface area (Å²) in [7, 11) is 0. The van der Waals surface area contributed by atoms with Crippen molar-refractivity contribution in [2.24, 2.45) is 11.3 Å². The minimum absolute atomic E-state index is 0.110. The van der Waals surface area contributed by atoms with Crippen molar-refractivity contribution in [1.82, 2.24) is 5.32 Å². The van der Waals surface area contributed by atoms with E-state index in [2.05, 4.69) is 48.9 Å². The van der Waals surface area contributed by atoms with Gasteiger partial charge in [0.25, 0.3) is 5.69 Å². The van der Waals surface area contributed by atoms with Gasteiger partial charge in [-0.15, -0.1) is 0 Å². The molecule has 0 aliphatic heterocycles. The Kier molecular flexibility index (Phi) is 5.50. The highest BCUT2D eigenvalue weighted by Crippen LogP contribution is 2.25. The minimum atomic E-state index is -0.385. The van der Waals surface area contributed by atoms with Gasteiger partial charge in [0.2, 0.25) is 0 Å². The summed E-state index contributed by atoms with van der Waals surface area (Å²) < 4.78 is 0.776. The lowest BCUT2D eigenvalue weighted by Gasteiger charge is -2.27. The Balaban J connectivity index is 2.57. The van der Waals surface area contributed by atoms with Gasteiger partial charge in [-0.1, -0.05) is 43.6 Å². The molecule has 0 fully saturated rings. The van der Waals surface area contributed by atoms with Crippen LogP contribution in [-0.4, -0.2) is 11.5 Å². The molecule has 0 saturated heterocycles. The van der Waals surface area contributed by atoms with Crippen molar-refractivity contribution >= 4 is 21.6 Å². The van der Waals surface area contributed by atoms with Crippen molar-refractivity contribution in [2.45, 2.75) is 34.2 Å². The largest absolute Gasteiger partial charge is 0.312 e. The molecule has 0 aliphatic carbocycles. The molecule has 1 atom stereocenters. The molecule has 19 heavy (non-hydrogen) atoms. The lowest BCUT2D eigenvalue weighted by molar-refractivity contribution is -0.384. The van der Waals surface area contributed by atoms with E-state index in [1.807, 2.05) is 0 Å². The molecule has 0 aliphatic rings. The van der Waals surface area contributed by atoms with Gasteiger partial charge in [-0.3, -0.25) is 10.1 Å². The van der Waals surface area contributed by atoms with Crippen LogP contribution in [0.2, 0.25) is 0 Å². The molecule has 1 aromatic carbocycles. The van der Waals surface area contributed by atoms with Gasteiger partial charge in [-0.2, -0.15) is 0 Å². The highest BCUT2D eigenvalue weighted by Gasteiger charge is 2.19. The van der Waals surface area contributed by atoms with Crippen molar-refractivity contribution in [1.29, 1.82) is 0 Å². The predicted molar refractivity (Wildman–Crippen MR) is 81.1 cm³/mol. The maximum absolute atomic E-state index is 10.6. The fourth-order valence-electron chi connectivity index (χ4n) is 1.52. The number of hydrogen-bond acceptors (Lipinski definition) is 3. The maximum Gasteiger partial charge on any atom is 0.270 e. The molecule has 0 spiro atoms. The molecule has 0 heterocycles. The number of halogens is 1. The molecule has 5 heteroatoms. The summed E-state index contributed by atoms with van der Waals surface area (Å²) in [5.74, 6) is 0.560. The topological polar surface area (TPSA) is 55.2 Å². The van der Waals surface area contributed by atoms with Crippen molar-refractivity contribution in [2.75, 3.05) is 6.54 Å². The molecule has 0 aromatic heterocycles. The highest BCUT2D eigenvalue weighted by atomic mass is 79.9. The predicted octanol–water partition coefficient (Wildman–Crippen LogP) is 4.13. The summed E-state index contributed by atoms with van der Waals surface area (Å²) in [5, 5.41) is 14.0. The number of hydrogen-bond donors (Lipinski definition) is 1. The second kappa shape index (κ2) is 6.48. The molecular formula is C14H21BrN2O2. The quantitative estimate of drug-likeness (QED) is 0.653. The van der Waals surface area contributed by atoms with Gasteiger partial charge in [0.15, 0.2) is 0 Å². The normalized spacial score (nSPS) is 13.3. The Hall–Kier alpha value is -0.940. The first-order chi connectivity index (χ1) is 8.71. The van der Waals surface area contributed by atoms with Crippen molar-refractivity contribution < 1.29 is 4.92 Å². The number of nitrogens with zero attached hydrogens (tertiary/aromatic N) is 1. The van der Waals surface area contributed by atoms with E-state index in [1.54, 1.807) is 12.1 Å². The maximum atomic E-state index is 10.6. The van der Waals surface area contributed by atoms with Gasteiger partial charge in [0, 0.05) is 23.2 Å². The third-order valence-corrected chi connectivity index (χ3v) is 4.23. The lowest BCUT2D eigenvalue weighted by atomic mass is 9.82. The summed E-state index contributed by atoms with van der Waals surface area (Å²) >= 11 is 3.38.